The van der Waals surface area contributed by atoms with Gasteiger partial charge in [-0.1, -0.05) is 18.2 Å². The number of aromatic nitrogens is 1. The Bertz CT molecular complexity index is 1080. The van der Waals surface area contributed by atoms with Crippen molar-refractivity contribution in [1.29, 1.82) is 0 Å². The van der Waals surface area contributed by atoms with Gasteiger partial charge in [-0.15, -0.1) is 0 Å². The van der Waals surface area contributed by atoms with Crippen LogP contribution in [-0.2, 0) is 6.42 Å². The molecule has 4 rings (SSSR count). The van der Waals surface area contributed by atoms with Crippen LogP contribution >= 0.6 is 0 Å². The third-order valence-electron chi connectivity index (χ3n) is 4.55. The Morgan fingerprint density at radius 1 is 1.04 bits per heavy atom. The molecule has 5 nitrogen and oxygen atoms in total. The van der Waals surface area contributed by atoms with Crippen LogP contribution in [0.3, 0.4) is 0 Å². The molecule has 1 N–H and O–H groups in total. The molecule has 2 heterocycles. The highest BCUT2D eigenvalue weighted by atomic mass is 19.1. The molecule has 28 heavy (non-hydrogen) atoms. The molecule has 7 heteroatoms. The molecule has 0 saturated carbocycles. The van der Waals surface area contributed by atoms with E-state index in [4.69, 9.17) is 0 Å². The Morgan fingerprint density at radius 2 is 1.86 bits per heavy atom. The van der Waals surface area contributed by atoms with Crippen molar-refractivity contribution in [3.05, 3.63) is 89.2 Å². The number of rotatable bonds is 3. The number of amides is 2. The maximum absolute atomic E-state index is 13.8. The highest BCUT2D eigenvalue weighted by Gasteiger charge is 2.26. The van der Waals surface area contributed by atoms with Crippen LogP contribution in [0.2, 0.25) is 0 Å². The number of halogens is 2. The van der Waals surface area contributed by atoms with Crippen molar-refractivity contribution in [2.45, 2.75) is 6.42 Å². The average Bonchev–Trinajstić information content (AvgIpc) is 3.14. The van der Waals surface area contributed by atoms with E-state index in [1.54, 1.807) is 4.90 Å². The standard InChI is InChI=1S/C21H15F2N3O2/c22-15-5-6-17(16(23)12-15)25-20(27)14-7-9-24-18(11-14)21(28)26-10-8-13-3-1-2-4-19(13)26/h1-7,9,11-12H,8,10H2,(H,25,27). The summed E-state index contributed by atoms with van der Waals surface area (Å²) in [6.45, 7) is 0.539. The van der Waals surface area contributed by atoms with Gasteiger partial charge in [-0.2, -0.15) is 0 Å². The molecule has 3 aromatic rings. The SMILES string of the molecule is O=C(Nc1ccc(F)cc1F)c1ccnc(C(=O)N2CCc3ccccc32)c1. The summed E-state index contributed by atoms with van der Waals surface area (Å²) < 4.78 is 26.8. The van der Waals surface area contributed by atoms with E-state index in [9.17, 15) is 18.4 Å². The number of para-hydroxylation sites is 1. The summed E-state index contributed by atoms with van der Waals surface area (Å²) >= 11 is 0. The number of benzene rings is 2. The number of hydrogen-bond donors (Lipinski definition) is 1. The number of fused-ring (bicyclic) bond motifs is 1. The zero-order valence-corrected chi connectivity index (χ0v) is 14.7. The third kappa shape index (κ3) is 3.34. The minimum absolute atomic E-state index is 0.115. The van der Waals surface area contributed by atoms with Gasteiger partial charge in [0.1, 0.15) is 17.3 Å². The molecule has 0 fully saturated rings. The van der Waals surface area contributed by atoms with Gasteiger partial charge in [-0.05, 0) is 42.3 Å². The van der Waals surface area contributed by atoms with E-state index in [2.05, 4.69) is 10.3 Å². The molecule has 1 aliphatic heterocycles. The second kappa shape index (κ2) is 7.19. The van der Waals surface area contributed by atoms with Crippen LogP contribution in [0, 0.1) is 11.6 Å². The van der Waals surface area contributed by atoms with E-state index in [-0.39, 0.29) is 22.9 Å². The second-order valence-electron chi connectivity index (χ2n) is 6.34. The van der Waals surface area contributed by atoms with Crippen molar-refractivity contribution in [2.75, 3.05) is 16.8 Å². The molecule has 0 unspecified atom stereocenters. The van der Waals surface area contributed by atoms with Gasteiger partial charge < -0.3 is 10.2 Å². The van der Waals surface area contributed by atoms with Crippen LogP contribution < -0.4 is 10.2 Å². The molecule has 2 aromatic carbocycles. The van der Waals surface area contributed by atoms with E-state index in [1.807, 2.05) is 24.3 Å². The quantitative estimate of drug-likeness (QED) is 0.753. The first-order chi connectivity index (χ1) is 13.5. The molecule has 0 radical (unpaired) electrons. The first-order valence-electron chi connectivity index (χ1n) is 8.65. The van der Waals surface area contributed by atoms with Crippen molar-refractivity contribution in [3.63, 3.8) is 0 Å². The maximum atomic E-state index is 13.8. The van der Waals surface area contributed by atoms with Crippen LogP contribution in [0.25, 0.3) is 0 Å². The Labute approximate surface area is 159 Å². The van der Waals surface area contributed by atoms with Crippen LogP contribution in [-0.4, -0.2) is 23.3 Å². The van der Waals surface area contributed by atoms with Gasteiger partial charge in [-0.25, -0.2) is 8.78 Å². The van der Waals surface area contributed by atoms with Gasteiger partial charge in [0.05, 0.1) is 5.69 Å². The lowest BCUT2D eigenvalue weighted by atomic mass is 10.1. The molecule has 140 valence electrons. The van der Waals surface area contributed by atoms with E-state index < -0.39 is 17.5 Å². The first-order valence-corrected chi connectivity index (χ1v) is 8.65. The van der Waals surface area contributed by atoms with E-state index in [0.717, 1.165) is 29.8 Å². The van der Waals surface area contributed by atoms with Crippen molar-refractivity contribution < 1.29 is 18.4 Å². The number of nitrogens with zero attached hydrogens (tertiary/aromatic N) is 2. The zero-order chi connectivity index (χ0) is 19.7. The largest absolute Gasteiger partial charge is 0.319 e. The Hall–Kier alpha value is -3.61. The van der Waals surface area contributed by atoms with Gasteiger partial charge >= 0.3 is 0 Å². The van der Waals surface area contributed by atoms with E-state index in [1.165, 1.54) is 18.3 Å². The summed E-state index contributed by atoms with van der Waals surface area (Å²) in [5.41, 5.74) is 2.03. The molecule has 2 amide bonds. The molecule has 0 atom stereocenters. The lowest BCUT2D eigenvalue weighted by molar-refractivity contribution is 0.0984. The van der Waals surface area contributed by atoms with Crippen LogP contribution in [0.5, 0.6) is 0 Å². The summed E-state index contributed by atoms with van der Waals surface area (Å²) in [7, 11) is 0. The Balaban J connectivity index is 1.56. The topological polar surface area (TPSA) is 62.3 Å². The highest BCUT2D eigenvalue weighted by Crippen LogP contribution is 2.28. The predicted molar refractivity (Wildman–Crippen MR) is 100 cm³/mol. The van der Waals surface area contributed by atoms with E-state index >= 15 is 0 Å². The number of carbonyl (C=O) groups is 2. The van der Waals surface area contributed by atoms with Gasteiger partial charge in [0.2, 0.25) is 0 Å². The van der Waals surface area contributed by atoms with Gasteiger partial charge in [0.15, 0.2) is 0 Å². The maximum Gasteiger partial charge on any atom is 0.276 e. The molecular weight excluding hydrogens is 364 g/mol. The average molecular weight is 379 g/mol. The van der Waals surface area contributed by atoms with Gasteiger partial charge in [0, 0.05) is 30.1 Å². The molecule has 1 aromatic heterocycles. The fraction of sp³-hybridized carbons (Fsp3) is 0.0952. The Morgan fingerprint density at radius 3 is 2.68 bits per heavy atom. The predicted octanol–water partition coefficient (Wildman–Crippen LogP) is 3.82. The van der Waals surface area contributed by atoms with Crippen molar-refractivity contribution in [2.24, 2.45) is 0 Å². The fourth-order valence-corrected chi connectivity index (χ4v) is 3.16. The first kappa shape index (κ1) is 17.8. The lowest BCUT2D eigenvalue weighted by Gasteiger charge is -2.17. The summed E-state index contributed by atoms with van der Waals surface area (Å²) in [6, 6.07) is 13.3. The molecule has 1 aliphatic rings. The molecule has 0 spiro atoms. The summed E-state index contributed by atoms with van der Waals surface area (Å²) in [6.07, 6.45) is 2.11. The number of anilines is 2. The zero-order valence-electron chi connectivity index (χ0n) is 14.7. The third-order valence-corrected chi connectivity index (χ3v) is 4.55. The Kier molecular flexibility index (Phi) is 4.57. The molecular formula is C21H15F2N3O2. The smallest absolute Gasteiger partial charge is 0.276 e. The van der Waals surface area contributed by atoms with E-state index in [0.29, 0.717) is 12.6 Å². The molecule has 0 aliphatic carbocycles. The highest BCUT2D eigenvalue weighted by molar-refractivity contribution is 6.09. The fourth-order valence-electron chi connectivity index (χ4n) is 3.16. The minimum atomic E-state index is -0.882. The number of carbonyl (C=O) groups excluding carboxylic acids is 2. The van der Waals surface area contributed by atoms with Crippen LogP contribution in [0.15, 0.2) is 60.8 Å². The summed E-state index contributed by atoms with van der Waals surface area (Å²) in [4.78, 5) is 31.0. The van der Waals surface area contributed by atoms with Crippen molar-refractivity contribution >= 4 is 23.2 Å². The molecule has 0 bridgehead atoms. The number of pyridine rings is 1. The van der Waals surface area contributed by atoms with Crippen molar-refractivity contribution in [1.82, 2.24) is 4.98 Å². The number of hydrogen-bond acceptors (Lipinski definition) is 3. The lowest BCUT2D eigenvalue weighted by Crippen LogP contribution is -2.30. The summed E-state index contributed by atoms with van der Waals surface area (Å²) in [5.74, 6) is -2.55. The normalized spacial score (nSPS) is 12.6. The molecule has 0 saturated heterocycles. The van der Waals surface area contributed by atoms with Crippen molar-refractivity contribution in [3.8, 4) is 0 Å². The number of nitrogens with one attached hydrogen (secondary N) is 1. The van der Waals surface area contributed by atoms with Gasteiger partial charge in [0.25, 0.3) is 11.8 Å². The van der Waals surface area contributed by atoms with Crippen LogP contribution in [0.1, 0.15) is 26.4 Å². The second-order valence-corrected chi connectivity index (χ2v) is 6.34. The minimum Gasteiger partial charge on any atom is -0.319 e. The summed E-state index contributed by atoms with van der Waals surface area (Å²) in [5, 5.41) is 2.37. The monoisotopic (exact) mass is 379 g/mol. The van der Waals surface area contributed by atoms with Crippen LogP contribution in [0.4, 0.5) is 20.2 Å². The van der Waals surface area contributed by atoms with Gasteiger partial charge in [-0.3, -0.25) is 14.6 Å².